The average molecular weight is 359 g/mol. The molecule has 1 aliphatic rings. The zero-order valence-corrected chi connectivity index (χ0v) is 15.0. The first-order valence-electron chi connectivity index (χ1n) is 7.41. The van der Waals surface area contributed by atoms with E-state index in [0.29, 0.717) is 10.7 Å². The lowest BCUT2D eigenvalue weighted by Gasteiger charge is -2.24. The minimum atomic E-state index is -0.259. The van der Waals surface area contributed by atoms with Crippen LogP contribution in [-0.2, 0) is 4.79 Å². The number of thioether (sulfide) groups is 1. The number of aliphatic hydroxyl groups excluding tert-OH is 1. The topological polar surface area (TPSA) is 65.8 Å². The van der Waals surface area contributed by atoms with Crippen molar-refractivity contribution in [3.63, 3.8) is 0 Å². The van der Waals surface area contributed by atoms with Crippen molar-refractivity contribution < 1.29 is 9.90 Å². The molecule has 1 saturated heterocycles. The number of aryl methyl sites for hydroxylation is 1. The van der Waals surface area contributed by atoms with Crippen LogP contribution in [0.25, 0.3) is 5.57 Å². The van der Waals surface area contributed by atoms with Crippen LogP contribution >= 0.6 is 23.1 Å². The van der Waals surface area contributed by atoms with Gasteiger partial charge in [-0.1, -0.05) is 42.1 Å². The van der Waals surface area contributed by atoms with Gasteiger partial charge >= 0.3 is 0 Å². The van der Waals surface area contributed by atoms with Crippen LogP contribution < -0.4 is 0 Å². The van der Waals surface area contributed by atoms with Crippen molar-refractivity contribution in [2.24, 2.45) is 4.99 Å². The van der Waals surface area contributed by atoms with Gasteiger partial charge in [0.1, 0.15) is 0 Å². The van der Waals surface area contributed by atoms with Crippen LogP contribution in [0.1, 0.15) is 21.5 Å². The Morgan fingerprint density at radius 1 is 1.42 bits per heavy atom. The average Bonchev–Trinajstić information content (AvgIpc) is 3.22. The molecular weight excluding hydrogens is 342 g/mol. The monoisotopic (exact) mass is 359 g/mol. The zero-order chi connectivity index (χ0) is 17.1. The van der Waals surface area contributed by atoms with Crippen molar-refractivity contribution in [2.75, 3.05) is 12.8 Å². The van der Waals surface area contributed by atoms with Gasteiger partial charge in [-0.3, -0.25) is 14.7 Å². The molecule has 3 rings (SSSR count). The van der Waals surface area contributed by atoms with Crippen molar-refractivity contribution in [2.45, 2.75) is 13.0 Å². The largest absolute Gasteiger partial charge is 0.515 e. The number of aliphatic hydroxyl groups is 1. The number of carbonyl (C=O) groups is 1. The van der Waals surface area contributed by atoms with E-state index < -0.39 is 0 Å². The molecular formula is C17H17N3O2S2. The molecule has 1 aromatic heterocycles. The summed E-state index contributed by atoms with van der Waals surface area (Å²) < 4.78 is 0. The Balaban J connectivity index is 1.98. The molecule has 1 unspecified atom stereocenters. The van der Waals surface area contributed by atoms with E-state index in [1.165, 1.54) is 11.8 Å². The van der Waals surface area contributed by atoms with Crippen LogP contribution in [0, 0.1) is 6.92 Å². The van der Waals surface area contributed by atoms with Gasteiger partial charge in [-0.2, -0.15) is 0 Å². The van der Waals surface area contributed by atoms with Crippen LogP contribution in [-0.4, -0.2) is 38.9 Å². The number of aliphatic imine (C=N–C) groups is 1. The number of hydrogen-bond donors (Lipinski definition) is 1. The molecule has 2 aromatic rings. The molecule has 2 heterocycles. The highest BCUT2D eigenvalue weighted by molar-refractivity contribution is 8.14. The fourth-order valence-electron chi connectivity index (χ4n) is 2.57. The maximum Gasteiger partial charge on any atom is 0.264 e. The second-order valence-corrected chi connectivity index (χ2v) is 7.45. The molecule has 5 nitrogen and oxygen atoms in total. The van der Waals surface area contributed by atoms with Crippen LogP contribution in [0.15, 0.2) is 47.8 Å². The third-order valence-corrected chi connectivity index (χ3v) is 5.84. The number of thiazole rings is 1. The second-order valence-electron chi connectivity index (χ2n) is 5.20. The van der Waals surface area contributed by atoms with Crippen molar-refractivity contribution in [1.82, 2.24) is 9.88 Å². The molecule has 124 valence electrons. The molecule has 1 atom stereocenters. The molecule has 1 aromatic carbocycles. The summed E-state index contributed by atoms with van der Waals surface area (Å²) >= 11 is 3.12. The van der Waals surface area contributed by atoms with Gasteiger partial charge in [0, 0.05) is 23.9 Å². The zero-order valence-electron chi connectivity index (χ0n) is 13.3. The van der Waals surface area contributed by atoms with Crippen molar-refractivity contribution in [3.8, 4) is 0 Å². The predicted molar refractivity (Wildman–Crippen MR) is 99.3 cm³/mol. The van der Waals surface area contributed by atoms with E-state index in [-0.39, 0.29) is 17.5 Å². The standard InChI is InChI=1S/C17H17N3O2S2/c1-11-19-8-15(24-11)14-10-23-17(18-2)20(14)16(22)13(9-21)12-6-4-3-5-7-12/h3-9,14,21H,10H2,1-2H3/b13-9+,18-17?. The molecule has 1 aliphatic heterocycles. The molecule has 0 radical (unpaired) electrons. The highest BCUT2D eigenvalue weighted by Crippen LogP contribution is 2.39. The number of amidine groups is 1. The van der Waals surface area contributed by atoms with Gasteiger partial charge in [0.15, 0.2) is 5.17 Å². The first-order chi connectivity index (χ1) is 11.7. The summed E-state index contributed by atoms with van der Waals surface area (Å²) in [5.41, 5.74) is 0.932. The Morgan fingerprint density at radius 3 is 2.75 bits per heavy atom. The van der Waals surface area contributed by atoms with Gasteiger partial charge in [-0.15, -0.1) is 11.3 Å². The Kier molecular flexibility index (Phi) is 5.01. The van der Waals surface area contributed by atoms with E-state index in [4.69, 9.17) is 0 Å². The summed E-state index contributed by atoms with van der Waals surface area (Å²) in [5, 5.41) is 11.3. The second kappa shape index (κ2) is 7.19. The van der Waals surface area contributed by atoms with Gasteiger partial charge in [0.05, 0.1) is 22.9 Å². The van der Waals surface area contributed by atoms with Crippen LogP contribution in [0.2, 0.25) is 0 Å². The number of amides is 1. The molecule has 0 aliphatic carbocycles. The molecule has 1 amide bonds. The van der Waals surface area contributed by atoms with Crippen LogP contribution in [0.5, 0.6) is 0 Å². The van der Waals surface area contributed by atoms with Gasteiger partial charge in [-0.25, -0.2) is 4.98 Å². The number of nitrogens with zero attached hydrogens (tertiary/aromatic N) is 3. The number of carbonyl (C=O) groups excluding carboxylic acids is 1. The predicted octanol–water partition coefficient (Wildman–Crippen LogP) is 3.65. The smallest absolute Gasteiger partial charge is 0.264 e. The Bertz CT molecular complexity index is 799. The van der Waals surface area contributed by atoms with Gasteiger partial charge in [-0.05, 0) is 12.5 Å². The summed E-state index contributed by atoms with van der Waals surface area (Å²) in [5.74, 6) is 0.471. The van der Waals surface area contributed by atoms with E-state index in [2.05, 4.69) is 9.98 Å². The SMILES string of the molecule is CN=C1SCC(c2cnc(C)s2)N1C(=O)/C(=C/O)c1ccccc1. The third-order valence-electron chi connectivity index (χ3n) is 3.71. The number of benzene rings is 1. The minimum Gasteiger partial charge on any atom is -0.515 e. The summed E-state index contributed by atoms with van der Waals surface area (Å²) in [6.45, 7) is 1.94. The fraction of sp³-hybridized carbons (Fsp3) is 0.235. The maximum atomic E-state index is 13.1. The third kappa shape index (κ3) is 3.09. The van der Waals surface area contributed by atoms with E-state index in [1.54, 1.807) is 35.4 Å². The van der Waals surface area contributed by atoms with Crippen molar-refractivity contribution in [1.29, 1.82) is 0 Å². The normalized spacial score (nSPS) is 19.9. The highest BCUT2D eigenvalue weighted by Gasteiger charge is 2.38. The first-order valence-corrected chi connectivity index (χ1v) is 9.21. The quantitative estimate of drug-likeness (QED) is 0.671. The molecule has 0 spiro atoms. The lowest BCUT2D eigenvalue weighted by molar-refractivity contribution is -0.122. The van der Waals surface area contributed by atoms with Crippen molar-refractivity contribution >= 4 is 39.7 Å². The number of aromatic nitrogens is 1. The molecule has 1 fully saturated rings. The lowest BCUT2D eigenvalue weighted by Crippen LogP contribution is -2.34. The molecule has 0 bridgehead atoms. The van der Waals surface area contributed by atoms with Gasteiger partial charge < -0.3 is 5.11 Å². The molecule has 0 saturated carbocycles. The minimum absolute atomic E-state index is 0.119. The highest BCUT2D eigenvalue weighted by atomic mass is 32.2. The summed E-state index contributed by atoms with van der Waals surface area (Å²) in [6, 6.07) is 9.03. The Labute approximate surface area is 148 Å². The molecule has 24 heavy (non-hydrogen) atoms. The lowest BCUT2D eigenvalue weighted by atomic mass is 10.1. The van der Waals surface area contributed by atoms with E-state index in [0.717, 1.165) is 21.9 Å². The fourth-order valence-corrected chi connectivity index (χ4v) is 4.67. The molecule has 1 N–H and O–H groups in total. The van der Waals surface area contributed by atoms with E-state index in [1.807, 2.05) is 31.3 Å². The Morgan fingerprint density at radius 2 is 2.17 bits per heavy atom. The molecule has 7 heteroatoms. The van der Waals surface area contributed by atoms with Gasteiger partial charge in [0.25, 0.3) is 5.91 Å². The van der Waals surface area contributed by atoms with Crippen molar-refractivity contribution in [3.05, 3.63) is 58.2 Å². The van der Waals surface area contributed by atoms with Crippen LogP contribution in [0.3, 0.4) is 0 Å². The summed E-state index contributed by atoms with van der Waals surface area (Å²) in [7, 11) is 1.67. The van der Waals surface area contributed by atoms with E-state index >= 15 is 0 Å². The van der Waals surface area contributed by atoms with E-state index in [9.17, 15) is 9.90 Å². The maximum absolute atomic E-state index is 13.1. The number of hydrogen-bond acceptors (Lipinski definition) is 6. The summed E-state index contributed by atoms with van der Waals surface area (Å²) in [6.07, 6.45) is 2.69. The summed E-state index contributed by atoms with van der Waals surface area (Å²) in [4.78, 5) is 24.3. The van der Waals surface area contributed by atoms with Gasteiger partial charge in [0.2, 0.25) is 0 Å². The van der Waals surface area contributed by atoms with Crippen LogP contribution in [0.4, 0.5) is 0 Å². The first kappa shape index (κ1) is 16.7. The number of rotatable bonds is 3. The Hall–Kier alpha value is -2.12.